The van der Waals surface area contributed by atoms with Crippen molar-refractivity contribution >= 4 is 16.9 Å². The predicted octanol–water partition coefficient (Wildman–Crippen LogP) is -3.26. The molecule has 3 heterocycles. The van der Waals surface area contributed by atoms with Crippen molar-refractivity contribution in [2.24, 2.45) is 5.73 Å². The van der Waals surface area contributed by atoms with Crippen molar-refractivity contribution in [1.82, 2.24) is 14.2 Å². The Hall–Kier alpha value is -2.47. The molecule has 11 heteroatoms. The monoisotopic (exact) mass is 324 g/mol. The van der Waals surface area contributed by atoms with Gasteiger partial charge in [-0.2, -0.15) is 0 Å². The van der Waals surface area contributed by atoms with Crippen LogP contribution in [-0.4, -0.2) is 60.4 Å². The molecule has 1 amide bonds. The van der Waals surface area contributed by atoms with Crippen molar-refractivity contribution in [2.75, 3.05) is 12.4 Å². The van der Waals surface area contributed by atoms with Gasteiger partial charge in [0.2, 0.25) is 0 Å². The van der Waals surface area contributed by atoms with E-state index in [2.05, 4.69) is 4.98 Å². The molecule has 0 radical (unpaired) electrons. The Morgan fingerprint density at radius 1 is 1.43 bits per heavy atom. The molecular formula is C12H16N6O5. The van der Waals surface area contributed by atoms with Crippen LogP contribution in [0.25, 0.3) is 11.0 Å². The maximum Gasteiger partial charge on any atom is 0.251 e. The molecule has 1 saturated heterocycles. The zero-order valence-corrected chi connectivity index (χ0v) is 11.8. The quantitative estimate of drug-likeness (QED) is 0.320. The van der Waals surface area contributed by atoms with Gasteiger partial charge in [0.25, 0.3) is 5.91 Å². The first-order chi connectivity index (χ1) is 10.9. The summed E-state index contributed by atoms with van der Waals surface area (Å²) in [6, 6.07) is 0. The van der Waals surface area contributed by atoms with Crippen LogP contribution in [0, 0.1) is 5.41 Å². The van der Waals surface area contributed by atoms with Crippen LogP contribution in [0.15, 0.2) is 12.5 Å². The van der Waals surface area contributed by atoms with E-state index in [1.807, 2.05) is 0 Å². The Labute approximate surface area is 128 Å². The lowest BCUT2D eigenvalue weighted by Crippen LogP contribution is -2.33. The summed E-state index contributed by atoms with van der Waals surface area (Å²) in [4.78, 5) is 15.7. The van der Waals surface area contributed by atoms with Crippen LogP contribution >= 0.6 is 0 Å². The van der Waals surface area contributed by atoms with Gasteiger partial charge >= 0.3 is 0 Å². The first-order valence-corrected chi connectivity index (χ1v) is 6.71. The first kappa shape index (κ1) is 15.4. The minimum atomic E-state index is -1.36. The SMILES string of the molecule is N=c1c2c(C(N)=O)cn(C3OC(CO)C(O)C3O)c2ncn1N. The molecule has 3 rings (SSSR count). The number of rotatable bonds is 3. The van der Waals surface area contributed by atoms with Gasteiger partial charge < -0.3 is 36.2 Å². The number of hydrogen-bond acceptors (Lipinski definition) is 8. The zero-order valence-electron chi connectivity index (χ0n) is 11.8. The average Bonchev–Trinajstić information content (AvgIpc) is 3.03. The van der Waals surface area contributed by atoms with Crippen molar-refractivity contribution in [1.29, 1.82) is 5.41 Å². The number of carbonyl (C=O) groups excluding carboxylic acids is 1. The molecule has 23 heavy (non-hydrogen) atoms. The van der Waals surface area contributed by atoms with E-state index in [1.165, 1.54) is 10.8 Å². The van der Waals surface area contributed by atoms with Gasteiger partial charge in [-0.05, 0) is 0 Å². The summed E-state index contributed by atoms with van der Waals surface area (Å²) in [5.41, 5.74) is 5.24. The average molecular weight is 324 g/mol. The third-order valence-corrected chi connectivity index (χ3v) is 3.86. The van der Waals surface area contributed by atoms with Crippen LogP contribution in [-0.2, 0) is 4.74 Å². The molecule has 4 atom stereocenters. The summed E-state index contributed by atoms with van der Waals surface area (Å²) in [6.45, 7) is -0.490. The fourth-order valence-electron chi connectivity index (χ4n) is 2.67. The first-order valence-electron chi connectivity index (χ1n) is 6.71. The van der Waals surface area contributed by atoms with E-state index in [0.29, 0.717) is 0 Å². The van der Waals surface area contributed by atoms with Gasteiger partial charge in [0.05, 0.1) is 17.6 Å². The van der Waals surface area contributed by atoms with Crippen molar-refractivity contribution < 1.29 is 24.9 Å². The van der Waals surface area contributed by atoms with Crippen LogP contribution < -0.4 is 17.1 Å². The van der Waals surface area contributed by atoms with Crippen LogP contribution in [0.2, 0.25) is 0 Å². The van der Waals surface area contributed by atoms with Crippen molar-refractivity contribution in [3.05, 3.63) is 23.6 Å². The number of primary amides is 1. The van der Waals surface area contributed by atoms with E-state index in [4.69, 9.17) is 26.8 Å². The van der Waals surface area contributed by atoms with E-state index in [0.717, 1.165) is 11.0 Å². The second kappa shape index (κ2) is 5.31. The Bertz CT molecular complexity index is 829. The maximum absolute atomic E-state index is 11.6. The summed E-state index contributed by atoms with van der Waals surface area (Å²) in [6.07, 6.45) is -2.31. The fourth-order valence-corrected chi connectivity index (χ4v) is 2.67. The number of aromatic nitrogens is 3. The number of nitrogens with two attached hydrogens (primary N) is 2. The van der Waals surface area contributed by atoms with Gasteiger partial charge in [-0.1, -0.05) is 0 Å². The van der Waals surface area contributed by atoms with Crippen molar-refractivity contribution in [2.45, 2.75) is 24.5 Å². The lowest BCUT2D eigenvalue weighted by molar-refractivity contribution is -0.0509. The van der Waals surface area contributed by atoms with Gasteiger partial charge in [-0.25, -0.2) is 9.66 Å². The Kier molecular flexibility index (Phi) is 3.56. The Morgan fingerprint density at radius 3 is 2.70 bits per heavy atom. The molecule has 1 aliphatic heterocycles. The molecule has 8 N–H and O–H groups in total. The molecule has 4 unspecified atom stereocenters. The fraction of sp³-hybridized carbons (Fsp3) is 0.417. The van der Waals surface area contributed by atoms with Gasteiger partial charge in [-0.15, -0.1) is 0 Å². The van der Waals surface area contributed by atoms with Crippen molar-refractivity contribution in [3.63, 3.8) is 0 Å². The third-order valence-electron chi connectivity index (χ3n) is 3.86. The normalized spacial score (nSPS) is 27.6. The highest BCUT2D eigenvalue weighted by Crippen LogP contribution is 2.32. The number of carbonyl (C=O) groups is 1. The molecule has 11 nitrogen and oxygen atoms in total. The second-order valence-corrected chi connectivity index (χ2v) is 5.24. The lowest BCUT2D eigenvalue weighted by Gasteiger charge is -2.17. The number of nitrogens with one attached hydrogen (secondary N) is 1. The van der Waals surface area contributed by atoms with Crippen LogP contribution in [0.4, 0.5) is 0 Å². The van der Waals surface area contributed by atoms with Crippen LogP contribution in [0.1, 0.15) is 16.6 Å². The number of amides is 1. The molecule has 124 valence electrons. The highest BCUT2D eigenvalue weighted by Gasteiger charge is 2.44. The standard InChI is InChI=1S/C12H16N6O5/c13-9-6-4(10(14)22)1-17(11(6)16-3-18(9)15)12-8(21)7(20)5(2-19)23-12/h1,3,5,7-8,12-13,19-21H,2,15H2,(H2,14,22). The third kappa shape index (κ3) is 2.17. The number of aliphatic hydroxyl groups is 3. The molecule has 0 aliphatic carbocycles. The van der Waals surface area contributed by atoms with Gasteiger partial charge in [0, 0.05) is 6.20 Å². The molecule has 1 aliphatic rings. The number of fused-ring (bicyclic) bond motifs is 1. The molecule has 2 aromatic heterocycles. The van der Waals surface area contributed by atoms with E-state index < -0.39 is 37.1 Å². The summed E-state index contributed by atoms with van der Waals surface area (Å²) in [5.74, 6) is 4.76. The predicted molar refractivity (Wildman–Crippen MR) is 75.3 cm³/mol. The summed E-state index contributed by atoms with van der Waals surface area (Å²) in [7, 11) is 0. The van der Waals surface area contributed by atoms with Gasteiger partial charge in [0.1, 0.15) is 30.3 Å². The second-order valence-electron chi connectivity index (χ2n) is 5.24. The summed E-state index contributed by atoms with van der Waals surface area (Å²) >= 11 is 0. The number of nitrogens with zero attached hydrogens (tertiary/aromatic N) is 3. The molecule has 0 bridgehead atoms. The summed E-state index contributed by atoms with van der Waals surface area (Å²) in [5, 5.41) is 37.2. The molecule has 0 spiro atoms. The van der Waals surface area contributed by atoms with E-state index >= 15 is 0 Å². The number of aliphatic hydroxyl groups excluding tert-OH is 3. The van der Waals surface area contributed by atoms with Crippen LogP contribution in [0.5, 0.6) is 0 Å². The molecule has 0 aromatic carbocycles. The minimum Gasteiger partial charge on any atom is -0.394 e. The zero-order chi connectivity index (χ0) is 16.9. The van der Waals surface area contributed by atoms with Gasteiger partial charge in [-0.3, -0.25) is 10.2 Å². The topological polar surface area (TPSA) is 186 Å². The number of hydrogen-bond donors (Lipinski definition) is 6. The molecule has 1 fully saturated rings. The highest BCUT2D eigenvalue weighted by atomic mass is 16.6. The molecule has 0 saturated carbocycles. The van der Waals surface area contributed by atoms with Gasteiger partial charge in [0.15, 0.2) is 11.7 Å². The minimum absolute atomic E-state index is 0.0185. The van der Waals surface area contributed by atoms with E-state index in [-0.39, 0.29) is 22.1 Å². The van der Waals surface area contributed by atoms with Crippen LogP contribution in [0.3, 0.4) is 0 Å². The number of nitrogen functional groups attached to an aromatic ring is 1. The molecular weight excluding hydrogens is 308 g/mol. The van der Waals surface area contributed by atoms with Crippen molar-refractivity contribution in [3.8, 4) is 0 Å². The lowest BCUT2D eigenvalue weighted by atomic mass is 10.1. The Morgan fingerprint density at radius 2 is 2.13 bits per heavy atom. The maximum atomic E-state index is 11.6. The largest absolute Gasteiger partial charge is 0.394 e. The Balaban J connectivity index is 2.22. The smallest absolute Gasteiger partial charge is 0.251 e. The molecule has 2 aromatic rings. The van der Waals surface area contributed by atoms with E-state index in [1.54, 1.807) is 0 Å². The van der Waals surface area contributed by atoms with E-state index in [9.17, 15) is 15.0 Å². The number of ether oxygens (including phenoxy) is 1. The highest BCUT2D eigenvalue weighted by molar-refractivity contribution is 6.04. The summed E-state index contributed by atoms with van der Waals surface area (Å²) < 4.78 is 7.62.